The number of hydrogen-bond acceptors (Lipinski definition) is 4. The third-order valence-corrected chi connectivity index (χ3v) is 6.40. The van der Waals surface area contributed by atoms with E-state index >= 15 is 0 Å². The molecule has 156 valence electrons. The third kappa shape index (κ3) is 3.54. The van der Waals surface area contributed by atoms with Crippen molar-refractivity contribution in [3.05, 3.63) is 105 Å². The molecule has 1 amide bonds. The van der Waals surface area contributed by atoms with Gasteiger partial charge in [-0.2, -0.15) is 0 Å². The standard InChI is InChI=1S/C25H22N2O4/c28-24(15-31-18-11-9-17(10-12-18)27(29)30)26-14-16-13-23-19-5-1-3-7-21(19)25(16)22-8-4-2-6-20(22)23/h1-12,16,23,25H,13-15H2,(H,26,28). The minimum atomic E-state index is -0.468. The highest BCUT2D eigenvalue weighted by Crippen LogP contribution is 2.55. The first-order chi connectivity index (χ1) is 15.1. The number of benzene rings is 3. The number of hydrogen-bond donors (Lipinski definition) is 1. The number of non-ortho nitro benzene ring substituents is 1. The molecule has 6 nitrogen and oxygen atoms in total. The molecule has 0 saturated carbocycles. The zero-order valence-corrected chi connectivity index (χ0v) is 16.9. The Morgan fingerprint density at radius 2 is 1.52 bits per heavy atom. The van der Waals surface area contributed by atoms with E-state index in [0.29, 0.717) is 24.1 Å². The predicted molar refractivity (Wildman–Crippen MR) is 116 cm³/mol. The topological polar surface area (TPSA) is 81.5 Å². The SMILES string of the molecule is O=C(COc1ccc([N+](=O)[O-])cc1)NCC1CC2c3ccccc3C1c1ccccc12. The number of nitrogens with zero attached hydrogens (tertiary/aromatic N) is 1. The molecule has 2 bridgehead atoms. The maximum Gasteiger partial charge on any atom is 0.269 e. The molecule has 31 heavy (non-hydrogen) atoms. The fraction of sp³-hybridized carbons (Fsp3) is 0.240. The van der Waals surface area contributed by atoms with Crippen molar-refractivity contribution in [1.82, 2.24) is 5.32 Å². The molecule has 3 aromatic carbocycles. The summed E-state index contributed by atoms with van der Waals surface area (Å²) in [5.74, 6) is 1.23. The van der Waals surface area contributed by atoms with Gasteiger partial charge >= 0.3 is 0 Å². The fourth-order valence-electron chi connectivity index (χ4n) is 5.07. The molecule has 0 spiro atoms. The molecule has 0 saturated heterocycles. The molecular formula is C25H22N2O4. The number of carbonyl (C=O) groups is 1. The molecule has 3 aliphatic carbocycles. The molecule has 1 unspecified atom stereocenters. The van der Waals surface area contributed by atoms with Gasteiger partial charge in [-0.15, -0.1) is 0 Å². The summed E-state index contributed by atoms with van der Waals surface area (Å²) < 4.78 is 5.48. The highest BCUT2D eigenvalue weighted by molar-refractivity contribution is 5.77. The Morgan fingerprint density at radius 1 is 0.935 bits per heavy atom. The minimum absolute atomic E-state index is 0.00952. The number of nitrogens with one attached hydrogen (secondary N) is 1. The summed E-state index contributed by atoms with van der Waals surface area (Å²) >= 11 is 0. The van der Waals surface area contributed by atoms with Gasteiger partial charge in [-0.25, -0.2) is 0 Å². The summed E-state index contributed by atoms with van der Waals surface area (Å²) in [6.07, 6.45) is 1.02. The summed E-state index contributed by atoms with van der Waals surface area (Å²) in [6, 6.07) is 23.0. The van der Waals surface area contributed by atoms with Crippen LogP contribution in [0.3, 0.4) is 0 Å². The molecule has 0 radical (unpaired) electrons. The lowest BCUT2D eigenvalue weighted by Gasteiger charge is -2.45. The Kier molecular flexibility index (Phi) is 4.90. The molecule has 1 atom stereocenters. The van der Waals surface area contributed by atoms with Crippen molar-refractivity contribution in [2.24, 2.45) is 5.92 Å². The number of nitro benzene ring substituents is 1. The smallest absolute Gasteiger partial charge is 0.269 e. The van der Waals surface area contributed by atoms with Gasteiger partial charge in [0.2, 0.25) is 0 Å². The molecule has 0 heterocycles. The first-order valence-electron chi connectivity index (χ1n) is 10.4. The van der Waals surface area contributed by atoms with Crippen LogP contribution in [0.5, 0.6) is 5.75 Å². The number of nitro groups is 1. The molecular weight excluding hydrogens is 392 g/mol. The minimum Gasteiger partial charge on any atom is -0.484 e. The van der Waals surface area contributed by atoms with Crippen molar-refractivity contribution in [3.8, 4) is 5.75 Å². The maximum absolute atomic E-state index is 12.4. The first kappa shape index (κ1) is 19.3. The van der Waals surface area contributed by atoms with Gasteiger partial charge in [0, 0.05) is 30.5 Å². The Hall–Kier alpha value is -3.67. The predicted octanol–water partition coefficient (Wildman–Crippen LogP) is 4.39. The van der Waals surface area contributed by atoms with Gasteiger partial charge in [0.05, 0.1) is 4.92 Å². The van der Waals surface area contributed by atoms with Crippen LogP contribution in [0, 0.1) is 16.0 Å². The van der Waals surface area contributed by atoms with Crippen LogP contribution in [0.15, 0.2) is 72.8 Å². The summed E-state index contributed by atoms with van der Waals surface area (Å²) in [4.78, 5) is 22.6. The number of rotatable bonds is 6. The molecule has 0 fully saturated rings. The van der Waals surface area contributed by atoms with E-state index in [1.807, 2.05) is 0 Å². The van der Waals surface area contributed by atoms with Gasteiger partial charge in [0.25, 0.3) is 11.6 Å². The van der Waals surface area contributed by atoms with Crippen LogP contribution in [0.1, 0.15) is 40.5 Å². The third-order valence-electron chi connectivity index (χ3n) is 6.40. The summed E-state index contributed by atoms with van der Waals surface area (Å²) in [5, 5.41) is 13.7. The van der Waals surface area contributed by atoms with Crippen LogP contribution in [0.2, 0.25) is 0 Å². The highest BCUT2D eigenvalue weighted by atomic mass is 16.6. The molecule has 6 rings (SSSR count). The normalized spacial score (nSPS) is 20.5. The largest absolute Gasteiger partial charge is 0.484 e. The van der Waals surface area contributed by atoms with Crippen molar-refractivity contribution < 1.29 is 14.5 Å². The average molecular weight is 414 g/mol. The van der Waals surface area contributed by atoms with E-state index in [-0.39, 0.29) is 24.1 Å². The van der Waals surface area contributed by atoms with Crippen LogP contribution in [-0.2, 0) is 4.79 Å². The van der Waals surface area contributed by atoms with Gasteiger partial charge in [-0.05, 0) is 46.7 Å². The van der Waals surface area contributed by atoms with Gasteiger partial charge in [-0.3, -0.25) is 14.9 Å². The van der Waals surface area contributed by atoms with Gasteiger partial charge in [0.15, 0.2) is 6.61 Å². The van der Waals surface area contributed by atoms with Gasteiger partial charge < -0.3 is 10.1 Å². The lowest BCUT2D eigenvalue weighted by atomic mass is 9.59. The Morgan fingerprint density at radius 3 is 2.10 bits per heavy atom. The van der Waals surface area contributed by atoms with Crippen molar-refractivity contribution >= 4 is 11.6 Å². The molecule has 0 aromatic heterocycles. The summed E-state index contributed by atoms with van der Waals surface area (Å²) in [7, 11) is 0. The number of amides is 1. The van der Waals surface area contributed by atoms with Crippen molar-refractivity contribution in [3.63, 3.8) is 0 Å². The second-order valence-electron chi connectivity index (χ2n) is 8.13. The second-order valence-corrected chi connectivity index (χ2v) is 8.13. The van der Waals surface area contributed by atoms with Crippen LogP contribution in [0.4, 0.5) is 5.69 Å². The van der Waals surface area contributed by atoms with Crippen LogP contribution in [-0.4, -0.2) is 24.0 Å². The number of fused-ring (bicyclic) bond motifs is 1. The van der Waals surface area contributed by atoms with E-state index in [2.05, 4.69) is 53.8 Å². The summed E-state index contributed by atoms with van der Waals surface area (Å²) in [5.41, 5.74) is 5.56. The lowest BCUT2D eigenvalue weighted by Crippen LogP contribution is -2.40. The zero-order chi connectivity index (χ0) is 21.4. The van der Waals surface area contributed by atoms with Gasteiger partial charge in [-0.1, -0.05) is 48.5 Å². The second kappa shape index (κ2) is 7.87. The van der Waals surface area contributed by atoms with Crippen molar-refractivity contribution in [1.29, 1.82) is 0 Å². The van der Waals surface area contributed by atoms with E-state index in [9.17, 15) is 14.9 Å². The van der Waals surface area contributed by atoms with Gasteiger partial charge in [0.1, 0.15) is 5.75 Å². The monoisotopic (exact) mass is 414 g/mol. The lowest BCUT2D eigenvalue weighted by molar-refractivity contribution is -0.384. The Bertz CT molecular complexity index is 1090. The highest BCUT2D eigenvalue weighted by Gasteiger charge is 2.42. The fourth-order valence-corrected chi connectivity index (χ4v) is 5.07. The molecule has 0 aliphatic heterocycles. The first-order valence-corrected chi connectivity index (χ1v) is 10.4. The number of ether oxygens (including phenoxy) is 1. The van der Waals surface area contributed by atoms with E-state index in [4.69, 9.17) is 4.74 Å². The Labute approximate surface area is 180 Å². The molecule has 3 aliphatic rings. The van der Waals surface area contributed by atoms with Crippen molar-refractivity contribution in [2.75, 3.05) is 13.2 Å². The average Bonchev–Trinajstić information content (AvgIpc) is 2.82. The van der Waals surface area contributed by atoms with E-state index in [0.717, 1.165) is 6.42 Å². The van der Waals surface area contributed by atoms with E-state index < -0.39 is 4.92 Å². The maximum atomic E-state index is 12.4. The van der Waals surface area contributed by atoms with E-state index in [1.54, 1.807) is 0 Å². The van der Waals surface area contributed by atoms with Crippen LogP contribution < -0.4 is 10.1 Å². The molecule has 1 N–H and O–H groups in total. The van der Waals surface area contributed by atoms with E-state index in [1.165, 1.54) is 46.5 Å². The summed E-state index contributed by atoms with van der Waals surface area (Å²) in [6.45, 7) is 0.470. The number of carbonyl (C=O) groups excluding carboxylic acids is 1. The van der Waals surface area contributed by atoms with Crippen molar-refractivity contribution in [2.45, 2.75) is 18.3 Å². The Balaban J connectivity index is 1.24. The zero-order valence-electron chi connectivity index (χ0n) is 16.9. The van der Waals surface area contributed by atoms with Crippen LogP contribution in [0.25, 0.3) is 0 Å². The van der Waals surface area contributed by atoms with Crippen LogP contribution >= 0.6 is 0 Å². The molecule has 6 heteroatoms. The molecule has 3 aromatic rings. The quantitative estimate of drug-likeness (QED) is 0.479.